The highest BCUT2D eigenvalue weighted by atomic mass is 16.5. The molecule has 0 unspecified atom stereocenters. The number of hydrogen-bond donors (Lipinski definition) is 3. The topological polar surface area (TPSA) is 87.0 Å². The van der Waals surface area contributed by atoms with Crippen molar-refractivity contribution in [2.24, 2.45) is 11.8 Å². The number of hydrogen-bond acceptors (Lipinski definition) is 5. The fourth-order valence-electron chi connectivity index (χ4n) is 3.43. The maximum Gasteiger partial charge on any atom is 0.200 e. The Balaban J connectivity index is 2.53. The molecule has 0 heterocycles. The van der Waals surface area contributed by atoms with Gasteiger partial charge >= 0.3 is 0 Å². The zero-order chi connectivity index (χ0) is 21.3. The molecule has 0 aromatic rings. The number of aliphatic hydroxyl groups is 3. The van der Waals surface area contributed by atoms with E-state index in [2.05, 4.69) is 19.1 Å². The number of allylic oxidation sites excluding steroid dienone is 4. The van der Waals surface area contributed by atoms with Gasteiger partial charge in [-0.3, -0.25) is 4.79 Å². The van der Waals surface area contributed by atoms with Crippen LogP contribution in [0.15, 0.2) is 46.8 Å². The summed E-state index contributed by atoms with van der Waals surface area (Å²) in [6.07, 6.45) is 9.16. The third-order valence-corrected chi connectivity index (χ3v) is 5.31. The summed E-state index contributed by atoms with van der Waals surface area (Å²) in [6.45, 7) is 7.65. The summed E-state index contributed by atoms with van der Waals surface area (Å²) in [4.78, 5) is 12.2. The lowest BCUT2D eigenvalue weighted by Gasteiger charge is -2.30. The molecule has 0 aromatic heterocycles. The third kappa shape index (κ3) is 7.74. The molecule has 0 aromatic carbocycles. The Labute approximate surface area is 169 Å². The van der Waals surface area contributed by atoms with Gasteiger partial charge in [0, 0.05) is 11.8 Å². The second-order valence-corrected chi connectivity index (χ2v) is 7.86. The van der Waals surface area contributed by atoms with Crippen LogP contribution in [0.1, 0.15) is 53.4 Å². The zero-order valence-corrected chi connectivity index (χ0v) is 17.8. The molecule has 3 N–H and O–H groups in total. The van der Waals surface area contributed by atoms with Crippen molar-refractivity contribution >= 4 is 5.78 Å². The quantitative estimate of drug-likeness (QED) is 0.496. The smallest absolute Gasteiger partial charge is 0.200 e. The van der Waals surface area contributed by atoms with E-state index in [0.29, 0.717) is 12.8 Å². The van der Waals surface area contributed by atoms with E-state index in [9.17, 15) is 15.0 Å². The van der Waals surface area contributed by atoms with Crippen LogP contribution in [0.4, 0.5) is 0 Å². The standard InChI is InChI=1S/C23H36O5/c1-15(7-6-8-16(2)11-19(25)12-17(3)14-24)9-10-20-18(4)23(27)22(28-5)13-21(20)26/h8-9,12-13,18-21,24-26H,6-7,10-11,14H2,1-5H3/b15-9+,16-8+,17-12+/t18-,19+,20-,21+/m1/s1. The first-order chi connectivity index (χ1) is 13.2. The van der Waals surface area contributed by atoms with Gasteiger partial charge in [0.15, 0.2) is 11.5 Å². The van der Waals surface area contributed by atoms with E-state index in [1.165, 1.54) is 18.8 Å². The van der Waals surface area contributed by atoms with Crippen molar-refractivity contribution in [2.45, 2.75) is 65.6 Å². The van der Waals surface area contributed by atoms with Gasteiger partial charge in [-0.2, -0.15) is 0 Å². The van der Waals surface area contributed by atoms with Crippen molar-refractivity contribution in [1.29, 1.82) is 0 Å². The second kappa shape index (κ2) is 12.0. The Morgan fingerprint density at radius 1 is 1.21 bits per heavy atom. The average Bonchev–Trinajstić information content (AvgIpc) is 2.64. The first-order valence-corrected chi connectivity index (χ1v) is 9.95. The van der Waals surface area contributed by atoms with E-state index < -0.39 is 12.2 Å². The summed E-state index contributed by atoms with van der Waals surface area (Å²) < 4.78 is 5.04. The lowest BCUT2D eigenvalue weighted by Crippen LogP contribution is -2.36. The number of ketones is 1. The van der Waals surface area contributed by atoms with Crippen molar-refractivity contribution in [3.63, 3.8) is 0 Å². The van der Waals surface area contributed by atoms with Crippen LogP contribution in [-0.4, -0.2) is 47.0 Å². The van der Waals surface area contributed by atoms with Gasteiger partial charge in [0.25, 0.3) is 0 Å². The normalized spacial score (nSPS) is 25.6. The van der Waals surface area contributed by atoms with Gasteiger partial charge in [-0.15, -0.1) is 0 Å². The van der Waals surface area contributed by atoms with E-state index >= 15 is 0 Å². The second-order valence-electron chi connectivity index (χ2n) is 7.86. The molecular weight excluding hydrogens is 356 g/mol. The average molecular weight is 393 g/mol. The molecule has 5 heteroatoms. The Bertz CT molecular complexity index is 641. The molecule has 28 heavy (non-hydrogen) atoms. The minimum Gasteiger partial charge on any atom is -0.493 e. The summed E-state index contributed by atoms with van der Waals surface area (Å²) >= 11 is 0. The van der Waals surface area contributed by atoms with Crippen LogP contribution in [-0.2, 0) is 9.53 Å². The van der Waals surface area contributed by atoms with Crippen molar-refractivity contribution in [3.8, 4) is 0 Å². The Hall–Kier alpha value is -1.69. The van der Waals surface area contributed by atoms with Crippen molar-refractivity contribution in [1.82, 2.24) is 0 Å². The van der Waals surface area contributed by atoms with Gasteiger partial charge in [0.05, 0.1) is 25.9 Å². The Kier molecular flexibility index (Phi) is 10.4. The predicted octanol–water partition coefficient (Wildman–Crippen LogP) is 3.47. The number of aliphatic hydroxyl groups excluding tert-OH is 3. The van der Waals surface area contributed by atoms with Gasteiger partial charge in [-0.05, 0) is 58.1 Å². The highest BCUT2D eigenvalue weighted by Crippen LogP contribution is 2.30. The minimum absolute atomic E-state index is 0.0354. The molecule has 0 aliphatic heterocycles. The van der Waals surface area contributed by atoms with E-state index in [-0.39, 0.29) is 30.0 Å². The maximum absolute atomic E-state index is 12.2. The molecule has 5 nitrogen and oxygen atoms in total. The highest BCUT2D eigenvalue weighted by molar-refractivity contribution is 5.96. The highest BCUT2D eigenvalue weighted by Gasteiger charge is 2.35. The molecular formula is C23H36O5. The molecule has 158 valence electrons. The van der Waals surface area contributed by atoms with E-state index in [1.807, 2.05) is 13.8 Å². The molecule has 0 saturated carbocycles. The van der Waals surface area contributed by atoms with E-state index in [4.69, 9.17) is 9.84 Å². The first kappa shape index (κ1) is 24.3. The van der Waals surface area contributed by atoms with Gasteiger partial charge in [0.1, 0.15) is 0 Å². The maximum atomic E-state index is 12.2. The largest absolute Gasteiger partial charge is 0.493 e. The number of carbonyl (C=O) groups is 1. The summed E-state index contributed by atoms with van der Waals surface area (Å²) in [7, 11) is 1.45. The van der Waals surface area contributed by atoms with Gasteiger partial charge in [-0.25, -0.2) is 0 Å². The predicted molar refractivity (Wildman–Crippen MR) is 112 cm³/mol. The molecule has 0 bridgehead atoms. The molecule has 4 atom stereocenters. The Morgan fingerprint density at radius 2 is 1.89 bits per heavy atom. The summed E-state index contributed by atoms with van der Waals surface area (Å²) in [5.41, 5.74) is 3.10. The van der Waals surface area contributed by atoms with E-state index in [0.717, 1.165) is 24.0 Å². The number of ether oxygens (including phenoxy) is 1. The van der Waals surface area contributed by atoms with Crippen LogP contribution in [0.25, 0.3) is 0 Å². The van der Waals surface area contributed by atoms with Crippen LogP contribution in [0.3, 0.4) is 0 Å². The van der Waals surface area contributed by atoms with Crippen molar-refractivity contribution < 1.29 is 24.9 Å². The van der Waals surface area contributed by atoms with Crippen LogP contribution >= 0.6 is 0 Å². The van der Waals surface area contributed by atoms with Gasteiger partial charge in [-0.1, -0.05) is 36.3 Å². The molecule has 0 radical (unpaired) electrons. The SMILES string of the molecule is COC1=C[C@H](O)[C@H](C/C=C(\C)CC/C=C(\C)C[C@H](O)/C=C(\C)CO)[C@@H](C)C1=O. The lowest BCUT2D eigenvalue weighted by molar-refractivity contribution is -0.126. The van der Waals surface area contributed by atoms with Crippen LogP contribution in [0, 0.1) is 11.8 Å². The fraction of sp³-hybridized carbons (Fsp3) is 0.609. The number of methoxy groups -OCH3 is 1. The van der Waals surface area contributed by atoms with Crippen molar-refractivity contribution in [2.75, 3.05) is 13.7 Å². The Morgan fingerprint density at radius 3 is 2.50 bits per heavy atom. The summed E-state index contributed by atoms with van der Waals surface area (Å²) in [6, 6.07) is 0. The van der Waals surface area contributed by atoms with Crippen LogP contribution in [0.2, 0.25) is 0 Å². The number of carbonyl (C=O) groups excluding carboxylic acids is 1. The molecule has 0 spiro atoms. The van der Waals surface area contributed by atoms with Gasteiger partial charge in [0.2, 0.25) is 0 Å². The third-order valence-electron chi connectivity index (χ3n) is 5.31. The fourth-order valence-corrected chi connectivity index (χ4v) is 3.43. The zero-order valence-electron chi connectivity index (χ0n) is 17.8. The molecule has 0 saturated heterocycles. The van der Waals surface area contributed by atoms with Crippen LogP contribution in [0.5, 0.6) is 0 Å². The summed E-state index contributed by atoms with van der Waals surface area (Å²) in [5.74, 6) is -0.191. The molecule has 1 aliphatic carbocycles. The van der Waals surface area contributed by atoms with E-state index in [1.54, 1.807) is 13.0 Å². The minimum atomic E-state index is -0.675. The molecule has 0 amide bonds. The molecule has 0 fully saturated rings. The van der Waals surface area contributed by atoms with Crippen LogP contribution < -0.4 is 0 Å². The monoisotopic (exact) mass is 392 g/mol. The van der Waals surface area contributed by atoms with Crippen molar-refractivity contribution in [3.05, 3.63) is 46.8 Å². The first-order valence-electron chi connectivity index (χ1n) is 9.95. The molecule has 1 rings (SSSR count). The number of Topliss-reactive ketones (excluding diaryl/α,β-unsaturated/α-hetero) is 1. The lowest BCUT2D eigenvalue weighted by atomic mass is 9.78. The number of rotatable bonds is 10. The summed E-state index contributed by atoms with van der Waals surface area (Å²) in [5, 5.41) is 29.2. The molecule has 1 aliphatic rings. The van der Waals surface area contributed by atoms with Gasteiger partial charge < -0.3 is 20.1 Å².